The fourth-order valence-electron chi connectivity index (χ4n) is 6.81. The number of unbranched alkanes of at least 4 members (excludes halogenated alkanes) is 1. The molecule has 1 unspecified atom stereocenters. The molecular weight excluding hydrogens is 540 g/mol. The number of nitrogens with one attached hydrogen (secondary N) is 4. The molecule has 2 aromatic rings. The van der Waals surface area contributed by atoms with Crippen molar-refractivity contribution in [3.05, 3.63) is 47.8 Å². The van der Waals surface area contributed by atoms with Crippen molar-refractivity contribution in [1.29, 1.82) is 0 Å². The summed E-state index contributed by atoms with van der Waals surface area (Å²) in [5.41, 5.74) is 2.64. The maximum Gasteiger partial charge on any atom is 0.270 e. The minimum atomic E-state index is -0.615. The van der Waals surface area contributed by atoms with Crippen molar-refractivity contribution in [2.75, 3.05) is 18.4 Å². The van der Waals surface area contributed by atoms with Gasteiger partial charge in [-0.1, -0.05) is 51.7 Å². The van der Waals surface area contributed by atoms with Crippen LogP contribution in [0.4, 0.5) is 5.69 Å². The summed E-state index contributed by atoms with van der Waals surface area (Å²) in [6.45, 7) is 6.82. The molecule has 1 aromatic carbocycles. The summed E-state index contributed by atoms with van der Waals surface area (Å²) >= 11 is 0. The van der Waals surface area contributed by atoms with Crippen LogP contribution in [0, 0.1) is 22.7 Å². The zero-order chi connectivity index (χ0) is 30.5. The molecule has 0 saturated heterocycles. The van der Waals surface area contributed by atoms with Crippen LogP contribution in [0.2, 0.25) is 0 Å². The van der Waals surface area contributed by atoms with E-state index < -0.39 is 6.04 Å². The van der Waals surface area contributed by atoms with Crippen molar-refractivity contribution in [3.8, 4) is 0 Å². The van der Waals surface area contributed by atoms with Crippen molar-refractivity contribution in [3.63, 3.8) is 0 Å². The number of anilines is 1. The third-order valence-electron chi connectivity index (χ3n) is 10.3. The number of carbonyl (C=O) groups is 3. The Bertz CT molecular complexity index is 1280. The van der Waals surface area contributed by atoms with Crippen molar-refractivity contribution in [2.24, 2.45) is 29.7 Å². The Labute approximate surface area is 256 Å². The minimum Gasteiger partial charge on any atom is -0.356 e. The van der Waals surface area contributed by atoms with Crippen LogP contribution in [0.5, 0.6) is 0 Å². The average molecular weight is 591 g/mol. The molecule has 5 rings (SSSR count). The second-order valence-electron chi connectivity index (χ2n) is 13.9. The molecule has 3 aliphatic carbocycles. The van der Waals surface area contributed by atoms with Crippen LogP contribution >= 0.6 is 0 Å². The standard InChI is InChI=1S/C34H50N6O3/c1-33(15-8-16-33)23-36-28(41)13-4-5-19-35-22-24-9-6-12-26(21-24)38-32(43)30(39-31(42)27-14-20-37-40(27)3)29(25-10-7-11-25)34(2)17-18-34/h6,9,12,14,20-21,25,29-30,35H,4-5,7-8,10-11,13,15-19,22-23H2,1-3H3,(H,36,41)(H,38,43)(H,39,42)/t29?,30-/m0/s1. The van der Waals surface area contributed by atoms with Crippen LogP contribution in [0.25, 0.3) is 0 Å². The van der Waals surface area contributed by atoms with Gasteiger partial charge in [-0.25, -0.2) is 0 Å². The average Bonchev–Trinajstić information content (AvgIpc) is 3.53. The zero-order valence-corrected chi connectivity index (χ0v) is 26.2. The number of rotatable bonds is 16. The van der Waals surface area contributed by atoms with Crippen LogP contribution in [-0.4, -0.2) is 46.6 Å². The van der Waals surface area contributed by atoms with Crippen LogP contribution in [0.3, 0.4) is 0 Å². The number of hydrogen-bond donors (Lipinski definition) is 4. The summed E-state index contributed by atoms with van der Waals surface area (Å²) in [7, 11) is 1.74. The van der Waals surface area contributed by atoms with Crippen LogP contribution < -0.4 is 21.3 Å². The van der Waals surface area contributed by atoms with Crippen molar-refractivity contribution in [1.82, 2.24) is 25.7 Å². The number of amides is 3. The largest absolute Gasteiger partial charge is 0.356 e. The molecule has 3 aliphatic rings. The van der Waals surface area contributed by atoms with Gasteiger partial charge in [0, 0.05) is 38.4 Å². The van der Waals surface area contributed by atoms with Gasteiger partial charge in [-0.2, -0.15) is 5.10 Å². The molecule has 1 heterocycles. The van der Waals surface area contributed by atoms with E-state index in [1.807, 2.05) is 24.3 Å². The van der Waals surface area contributed by atoms with Crippen LogP contribution in [0.15, 0.2) is 36.5 Å². The summed E-state index contributed by atoms with van der Waals surface area (Å²) in [5.74, 6) is 0.281. The van der Waals surface area contributed by atoms with Gasteiger partial charge in [0.05, 0.1) is 0 Å². The molecule has 3 saturated carbocycles. The van der Waals surface area contributed by atoms with E-state index in [-0.39, 0.29) is 29.1 Å². The second kappa shape index (κ2) is 13.6. The van der Waals surface area contributed by atoms with E-state index in [1.165, 1.54) is 25.7 Å². The monoisotopic (exact) mass is 590 g/mol. The molecule has 1 aromatic heterocycles. The Morgan fingerprint density at radius 3 is 2.47 bits per heavy atom. The molecule has 0 aliphatic heterocycles. The zero-order valence-electron chi connectivity index (χ0n) is 26.2. The molecule has 2 atom stereocenters. The number of hydrogen-bond acceptors (Lipinski definition) is 5. The van der Waals surface area contributed by atoms with Gasteiger partial charge < -0.3 is 21.3 Å². The summed E-state index contributed by atoms with van der Waals surface area (Å²) in [6.07, 6.45) is 13.2. The Balaban J connectivity index is 1.12. The lowest BCUT2D eigenvalue weighted by atomic mass is 9.66. The Morgan fingerprint density at radius 1 is 1.05 bits per heavy atom. The Kier molecular flexibility index (Phi) is 9.89. The maximum absolute atomic E-state index is 13.9. The predicted octanol–water partition coefficient (Wildman–Crippen LogP) is 4.94. The summed E-state index contributed by atoms with van der Waals surface area (Å²) in [5, 5.41) is 17.0. The SMILES string of the molecule is Cn1nccc1C(=O)N[C@H](C(=O)Nc1cccc(CNCCCCC(=O)NCC2(C)CCC2)c1)C(C1CCC1)C1(C)CC1. The predicted molar refractivity (Wildman–Crippen MR) is 168 cm³/mol. The van der Waals surface area contributed by atoms with Crippen LogP contribution in [-0.2, 0) is 23.2 Å². The lowest BCUT2D eigenvalue weighted by Crippen LogP contribution is -2.54. The lowest BCUT2D eigenvalue weighted by molar-refractivity contribution is -0.122. The van der Waals surface area contributed by atoms with E-state index >= 15 is 0 Å². The molecule has 0 bridgehead atoms. The molecule has 43 heavy (non-hydrogen) atoms. The number of aryl methyl sites for hydroxylation is 1. The lowest BCUT2D eigenvalue weighted by Gasteiger charge is -2.42. The molecule has 0 radical (unpaired) electrons. The number of benzene rings is 1. The molecule has 9 heteroatoms. The van der Waals surface area contributed by atoms with Gasteiger partial charge in [0.15, 0.2) is 0 Å². The molecule has 0 spiro atoms. The first-order valence-corrected chi connectivity index (χ1v) is 16.3. The maximum atomic E-state index is 13.9. The van der Waals surface area contributed by atoms with Gasteiger partial charge in [-0.3, -0.25) is 19.1 Å². The first kappa shape index (κ1) is 31.2. The molecule has 234 valence electrons. The molecule has 9 nitrogen and oxygen atoms in total. The smallest absolute Gasteiger partial charge is 0.270 e. The topological polar surface area (TPSA) is 117 Å². The highest BCUT2D eigenvalue weighted by atomic mass is 16.2. The van der Waals surface area contributed by atoms with Crippen molar-refractivity contribution >= 4 is 23.4 Å². The van der Waals surface area contributed by atoms with E-state index in [9.17, 15) is 14.4 Å². The van der Waals surface area contributed by atoms with E-state index in [4.69, 9.17) is 0 Å². The van der Waals surface area contributed by atoms with Gasteiger partial charge >= 0.3 is 0 Å². The van der Waals surface area contributed by atoms with Crippen molar-refractivity contribution < 1.29 is 14.4 Å². The molecule has 4 N–H and O–H groups in total. The minimum absolute atomic E-state index is 0.0774. The van der Waals surface area contributed by atoms with Gasteiger partial charge in [-0.05, 0) is 91.5 Å². The first-order valence-electron chi connectivity index (χ1n) is 16.3. The van der Waals surface area contributed by atoms with E-state index in [1.54, 1.807) is 24.0 Å². The third-order valence-corrected chi connectivity index (χ3v) is 10.3. The van der Waals surface area contributed by atoms with E-state index in [2.05, 4.69) is 40.2 Å². The highest BCUT2D eigenvalue weighted by molar-refractivity contribution is 6.00. The molecule has 3 amide bonds. The van der Waals surface area contributed by atoms with Gasteiger partial charge in [0.1, 0.15) is 11.7 Å². The highest BCUT2D eigenvalue weighted by Crippen LogP contribution is 2.58. The first-order chi connectivity index (χ1) is 20.7. The van der Waals surface area contributed by atoms with Crippen molar-refractivity contribution in [2.45, 2.75) is 97.1 Å². The highest BCUT2D eigenvalue weighted by Gasteiger charge is 2.54. The quantitative estimate of drug-likeness (QED) is 0.207. The summed E-state index contributed by atoms with van der Waals surface area (Å²) in [4.78, 5) is 39.3. The van der Waals surface area contributed by atoms with E-state index in [0.29, 0.717) is 30.0 Å². The normalized spacial score (nSPS) is 19.8. The molecule has 3 fully saturated rings. The number of carbonyl (C=O) groups excluding carboxylic acids is 3. The fraction of sp³-hybridized carbons (Fsp3) is 0.647. The number of nitrogens with zero attached hydrogens (tertiary/aromatic N) is 2. The van der Waals surface area contributed by atoms with Gasteiger partial charge in [-0.15, -0.1) is 0 Å². The summed E-state index contributed by atoms with van der Waals surface area (Å²) < 4.78 is 1.54. The summed E-state index contributed by atoms with van der Waals surface area (Å²) in [6, 6.07) is 8.96. The van der Waals surface area contributed by atoms with Gasteiger partial charge in [0.2, 0.25) is 11.8 Å². The Morgan fingerprint density at radius 2 is 1.84 bits per heavy atom. The second-order valence-corrected chi connectivity index (χ2v) is 13.9. The molecular formula is C34H50N6O3. The van der Waals surface area contributed by atoms with Gasteiger partial charge in [0.25, 0.3) is 5.91 Å². The van der Waals surface area contributed by atoms with Crippen LogP contribution in [0.1, 0.15) is 101 Å². The number of aromatic nitrogens is 2. The third kappa shape index (κ3) is 8.05. The van der Waals surface area contributed by atoms with E-state index in [0.717, 1.165) is 62.9 Å². The Hall–Kier alpha value is -3.20. The fourth-order valence-corrected chi connectivity index (χ4v) is 6.81.